The van der Waals surface area contributed by atoms with Crippen molar-refractivity contribution in [1.82, 2.24) is 20.1 Å². The van der Waals surface area contributed by atoms with Crippen LogP contribution in [0.5, 0.6) is 5.88 Å². The van der Waals surface area contributed by atoms with Gasteiger partial charge in [0.1, 0.15) is 11.8 Å². The highest BCUT2D eigenvalue weighted by Gasteiger charge is 2.44. The van der Waals surface area contributed by atoms with Crippen molar-refractivity contribution in [3.05, 3.63) is 54.6 Å². The van der Waals surface area contributed by atoms with Crippen molar-refractivity contribution in [3.63, 3.8) is 0 Å². The zero-order valence-electron chi connectivity index (χ0n) is 14.7. The number of aromatic amines is 1. The van der Waals surface area contributed by atoms with Crippen LogP contribution in [0.1, 0.15) is 36.2 Å². The molecular weight excluding hydrogens is 344 g/mol. The summed E-state index contributed by atoms with van der Waals surface area (Å²) in [5, 5.41) is 7.11. The van der Waals surface area contributed by atoms with Crippen LogP contribution in [0.25, 0.3) is 11.5 Å². The van der Waals surface area contributed by atoms with Gasteiger partial charge in [0.15, 0.2) is 11.5 Å². The summed E-state index contributed by atoms with van der Waals surface area (Å²) >= 11 is 0. The lowest BCUT2D eigenvalue weighted by molar-refractivity contribution is 0.0343. The Morgan fingerprint density at radius 3 is 2.74 bits per heavy atom. The summed E-state index contributed by atoms with van der Waals surface area (Å²) in [6.07, 6.45) is 7.10. The van der Waals surface area contributed by atoms with Crippen LogP contribution in [0.4, 0.5) is 0 Å². The summed E-state index contributed by atoms with van der Waals surface area (Å²) < 4.78 is 11.4. The molecule has 2 atom stereocenters. The third-order valence-corrected chi connectivity index (χ3v) is 5.43. The first-order valence-electron chi connectivity index (χ1n) is 9.27. The maximum atomic E-state index is 13.1. The lowest BCUT2D eigenvalue weighted by Gasteiger charge is -2.38. The number of carbonyl (C=O) groups is 1. The molecule has 0 spiro atoms. The van der Waals surface area contributed by atoms with E-state index < -0.39 is 0 Å². The van der Waals surface area contributed by atoms with E-state index in [1.54, 1.807) is 18.5 Å². The van der Waals surface area contributed by atoms with Gasteiger partial charge in [-0.25, -0.2) is 4.98 Å². The molecule has 1 amide bonds. The van der Waals surface area contributed by atoms with E-state index in [0.717, 1.165) is 25.7 Å². The minimum absolute atomic E-state index is 0.0205. The van der Waals surface area contributed by atoms with Gasteiger partial charge < -0.3 is 14.1 Å². The second-order valence-electron chi connectivity index (χ2n) is 7.12. The predicted molar refractivity (Wildman–Crippen MR) is 97.2 cm³/mol. The fraction of sp³-hybridized carbons (Fsp3) is 0.350. The lowest BCUT2D eigenvalue weighted by Crippen LogP contribution is -2.49. The highest BCUT2D eigenvalue weighted by Crippen LogP contribution is 2.38. The zero-order valence-corrected chi connectivity index (χ0v) is 14.7. The molecule has 3 aromatic heterocycles. The Morgan fingerprint density at radius 1 is 1.19 bits per heavy atom. The number of fused-ring (bicyclic) bond motifs is 2. The predicted octanol–water partition coefficient (Wildman–Crippen LogP) is 3.28. The molecule has 5 rings (SSSR count). The molecule has 2 unspecified atom stereocenters. The number of rotatable bonds is 4. The number of H-pyrrole nitrogens is 1. The van der Waals surface area contributed by atoms with Gasteiger partial charge in [0.05, 0.1) is 6.26 Å². The molecule has 2 aliphatic rings. The van der Waals surface area contributed by atoms with Gasteiger partial charge >= 0.3 is 0 Å². The van der Waals surface area contributed by atoms with E-state index in [4.69, 9.17) is 9.15 Å². The molecule has 2 saturated heterocycles. The first kappa shape index (κ1) is 16.1. The molecule has 0 radical (unpaired) electrons. The Hall–Kier alpha value is -3.09. The van der Waals surface area contributed by atoms with E-state index in [0.29, 0.717) is 23.0 Å². The van der Waals surface area contributed by atoms with Crippen molar-refractivity contribution in [2.75, 3.05) is 0 Å². The van der Waals surface area contributed by atoms with Crippen molar-refractivity contribution in [2.45, 2.75) is 43.9 Å². The molecule has 0 saturated carbocycles. The number of hydrogen-bond acceptors (Lipinski definition) is 5. The molecule has 138 valence electrons. The van der Waals surface area contributed by atoms with Crippen LogP contribution in [0, 0.1) is 0 Å². The Balaban J connectivity index is 1.30. The SMILES string of the molecule is O=C(c1cc(-c2ccco2)[nH]n1)N1C2CCC1CC(Oc1ccccn1)C2. The van der Waals surface area contributed by atoms with Gasteiger partial charge in [-0.2, -0.15) is 5.10 Å². The van der Waals surface area contributed by atoms with Gasteiger partial charge in [0.2, 0.25) is 5.88 Å². The normalized spacial score (nSPS) is 24.1. The van der Waals surface area contributed by atoms with Crippen LogP contribution in [0.2, 0.25) is 0 Å². The number of ether oxygens (including phenoxy) is 1. The Bertz CT molecular complexity index is 908. The van der Waals surface area contributed by atoms with Crippen LogP contribution in [-0.2, 0) is 0 Å². The van der Waals surface area contributed by atoms with Crippen LogP contribution >= 0.6 is 0 Å². The van der Waals surface area contributed by atoms with Crippen LogP contribution < -0.4 is 4.74 Å². The first-order valence-corrected chi connectivity index (χ1v) is 9.27. The third kappa shape index (κ3) is 2.99. The average molecular weight is 364 g/mol. The summed E-state index contributed by atoms with van der Waals surface area (Å²) in [4.78, 5) is 19.3. The van der Waals surface area contributed by atoms with Crippen LogP contribution in [-0.4, -0.2) is 44.2 Å². The maximum Gasteiger partial charge on any atom is 0.274 e. The number of nitrogens with one attached hydrogen (secondary N) is 1. The molecule has 0 aromatic carbocycles. The lowest BCUT2D eigenvalue weighted by atomic mass is 9.99. The molecule has 2 aliphatic heterocycles. The Labute approximate surface area is 156 Å². The highest BCUT2D eigenvalue weighted by atomic mass is 16.5. The molecule has 5 heterocycles. The van der Waals surface area contributed by atoms with Gasteiger partial charge in [-0.05, 0) is 31.0 Å². The second kappa shape index (κ2) is 6.57. The number of nitrogens with zero attached hydrogens (tertiary/aromatic N) is 3. The van der Waals surface area contributed by atoms with Gasteiger partial charge in [0, 0.05) is 43.3 Å². The van der Waals surface area contributed by atoms with Gasteiger partial charge in [-0.3, -0.25) is 9.89 Å². The van der Waals surface area contributed by atoms with E-state index in [-0.39, 0.29) is 24.1 Å². The Morgan fingerprint density at radius 2 is 2.04 bits per heavy atom. The molecule has 7 nitrogen and oxygen atoms in total. The van der Waals surface area contributed by atoms with Crippen LogP contribution in [0.3, 0.4) is 0 Å². The average Bonchev–Trinajstić information content (AvgIpc) is 3.42. The topological polar surface area (TPSA) is 84.2 Å². The number of carbonyl (C=O) groups excluding carboxylic acids is 1. The molecule has 3 aromatic rings. The summed E-state index contributed by atoms with van der Waals surface area (Å²) in [7, 11) is 0. The van der Waals surface area contributed by atoms with E-state index in [1.807, 2.05) is 35.2 Å². The number of furan rings is 1. The van der Waals surface area contributed by atoms with Crippen molar-refractivity contribution in [2.24, 2.45) is 0 Å². The largest absolute Gasteiger partial charge is 0.474 e. The number of aromatic nitrogens is 3. The molecular formula is C20H20N4O3. The number of hydrogen-bond donors (Lipinski definition) is 1. The quantitative estimate of drug-likeness (QED) is 0.768. The highest BCUT2D eigenvalue weighted by molar-refractivity contribution is 5.94. The van der Waals surface area contributed by atoms with E-state index in [1.165, 1.54) is 0 Å². The molecule has 27 heavy (non-hydrogen) atoms. The minimum Gasteiger partial charge on any atom is -0.474 e. The molecule has 0 aliphatic carbocycles. The third-order valence-electron chi connectivity index (χ3n) is 5.43. The second-order valence-corrected chi connectivity index (χ2v) is 7.12. The van der Waals surface area contributed by atoms with E-state index in [2.05, 4.69) is 15.2 Å². The van der Waals surface area contributed by atoms with Crippen molar-refractivity contribution in [3.8, 4) is 17.3 Å². The summed E-state index contributed by atoms with van der Waals surface area (Å²) in [6.45, 7) is 0. The van der Waals surface area contributed by atoms with Gasteiger partial charge in [-0.1, -0.05) is 6.07 Å². The number of amides is 1. The van der Waals surface area contributed by atoms with Crippen molar-refractivity contribution in [1.29, 1.82) is 0 Å². The minimum atomic E-state index is -0.0205. The first-order chi connectivity index (χ1) is 13.3. The number of piperidine rings is 1. The van der Waals surface area contributed by atoms with Crippen molar-refractivity contribution >= 4 is 5.91 Å². The van der Waals surface area contributed by atoms with Gasteiger partial charge in [-0.15, -0.1) is 0 Å². The van der Waals surface area contributed by atoms with Gasteiger partial charge in [0.25, 0.3) is 5.91 Å². The summed E-state index contributed by atoms with van der Waals surface area (Å²) in [5.41, 5.74) is 1.14. The molecule has 2 bridgehead atoms. The maximum absolute atomic E-state index is 13.1. The summed E-state index contributed by atoms with van der Waals surface area (Å²) in [6, 6.07) is 11.5. The molecule has 1 N–H and O–H groups in total. The van der Waals surface area contributed by atoms with Crippen molar-refractivity contribution < 1.29 is 13.9 Å². The van der Waals surface area contributed by atoms with Crippen LogP contribution in [0.15, 0.2) is 53.3 Å². The van der Waals surface area contributed by atoms with E-state index in [9.17, 15) is 4.79 Å². The summed E-state index contributed by atoms with van der Waals surface area (Å²) in [5.74, 6) is 1.30. The smallest absolute Gasteiger partial charge is 0.274 e. The molecule has 7 heteroatoms. The standard InChI is InChI=1S/C20H20N4O3/c25-20(17-12-16(22-23-17)18-4-3-9-26-18)24-13-6-7-14(24)11-15(10-13)27-19-5-1-2-8-21-19/h1-5,8-9,12-15H,6-7,10-11H2,(H,22,23). The monoisotopic (exact) mass is 364 g/mol. The zero-order chi connectivity index (χ0) is 18.2. The number of pyridine rings is 1. The Kier molecular flexibility index (Phi) is 3.92. The fourth-order valence-corrected chi connectivity index (χ4v) is 4.26. The van der Waals surface area contributed by atoms with E-state index >= 15 is 0 Å². The fourth-order valence-electron chi connectivity index (χ4n) is 4.26. The molecule has 2 fully saturated rings.